The van der Waals surface area contributed by atoms with Crippen LogP contribution in [0.15, 0.2) is 58.9 Å². The van der Waals surface area contributed by atoms with Crippen LogP contribution < -0.4 is 10.6 Å². The topological polar surface area (TPSA) is 83.6 Å². The molecule has 2 N–H and O–H groups in total. The molecule has 0 radical (unpaired) electrons. The molecule has 1 heterocycles. The zero-order valence-electron chi connectivity index (χ0n) is 16.4. The van der Waals surface area contributed by atoms with E-state index in [0.29, 0.717) is 18.9 Å². The molecular formula is C20H28N4O3S. The van der Waals surface area contributed by atoms with Crippen LogP contribution in [-0.2, 0) is 18.7 Å². The molecule has 0 unspecified atom stereocenters. The first-order chi connectivity index (χ1) is 13.5. The Hall–Kier alpha value is -2.45. The minimum absolute atomic E-state index is 0.438. The van der Waals surface area contributed by atoms with E-state index in [2.05, 4.69) is 15.5 Å². The minimum Gasteiger partial charge on any atom is -0.464 e. The molecule has 8 heteroatoms. The highest BCUT2D eigenvalue weighted by Gasteiger charge is 2.05. The quantitative estimate of drug-likeness (QED) is 0.301. The van der Waals surface area contributed by atoms with E-state index in [4.69, 9.17) is 4.42 Å². The van der Waals surface area contributed by atoms with Gasteiger partial charge in [-0.15, -0.1) is 0 Å². The van der Waals surface area contributed by atoms with E-state index in [-0.39, 0.29) is 0 Å². The molecule has 0 aliphatic rings. The number of hydrogen-bond donors (Lipinski definition) is 2. The van der Waals surface area contributed by atoms with Crippen molar-refractivity contribution in [3.8, 4) is 0 Å². The van der Waals surface area contributed by atoms with Crippen LogP contribution in [0.3, 0.4) is 0 Å². The fraction of sp³-hybridized carbons (Fsp3) is 0.400. The van der Waals surface area contributed by atoms with Gasteiger partial charge in [0, 0.05) is 18.8 Å². The van der Waals surface area contributed by atoms with Crippen molar-refractivity contribution in [2.75, 3.05) is 32.9 Å². The third-order valence-electron chi connectivity index (χ3n) is 3.80. The molecule has 0 saturated heterocycles. The van der Waals surface area contributed by atoms with Crippen LogP contribution in [0.1, 0.15) is 17.1 Å². The van der Waals surface area contributed by atoms with Gasteiger partial charge in [0.25, 0.3) is 6.20 Å². The summed E-state index contributed by atoms with van der Waals surface area (Å²) in [5, 5.41) is 17.0. The maximum absolute atomic E-state index is 10.8. The van der Waals surface area contributed by atoms with E-state index in [9.17, 15) is 10.1 Å². The van der Waals surface area contributed by atoms with Gasteiger partial charge < -0.3 is 20.0 Å². The zero-order valence-corrected chi connectivity index (χ0v) is 17.2. The van der Waals surface area contributed by atoms with E-state index >= 15 is 0 Å². The minimum atomic E-state index is -0.444. The first-order valence-corrected chi connectivity index (χ1v) is 10.4. The van der Waals surface area contributed by atoms with Crippen molar-refractivity contribution in [2.45, 2.75) is 18.7 Å². The largest absolute Gasteiger partial charge is 0.464 e. The van der Waals surface area contributed by atoms with Crippen LogP contribution >= 0.6 is 11.8 Å². The molecule has 152 valence electrons. The molecule has 0 bridgehead atoms. The summed E-state index contributed by atoms with van der Waals surface area (Å²) in [6.45, 7) is 2.05. The SMILES string of the molecule is CN(C)Cc1ccc(CSCCN/C(=C/[N+](=O)[O-])NCCc2ccccc2)o1. The van der Waals surface area contributed by atoms with Gasteiger partial charge in [-0.2, -0.15) is 11.8 Å². The van der Waals surface area contributed by atoms with Crippen LogP contribution in [0, 0.1) is 10.1 Å². The summed E-state index contributed by atoms with van der Waals surface area (Å²) in [7, 11) is 4.01. The molecule has 2 aromatic rings. The fourth-order valence-corrected chi connectivity index (χ4v) is 3.32. The molecule has 0 atom stereocenters. The van der Waals surface area contributed by atoms with Gasteiger partial charge in [-0.1, -0.05) is 30.3 Å². The van der Waals surface area contributed by atoms with Gasteiger partial charge in [0.15, 0.2) is 5.82 Å². The number of hydrogen-bond acceptors (Lipinski definition) is 7. The van der Waals surface area contributed by atoms with Crippen LogP contribution in [0.25, 0.3) is 0 Å². The lowest BCUT2D eigenvalue weighted by atomic mass is 10.1. The molecule has 0 saturated carbocycles. The van der Waals surface area contributed by atoms with Crippen LogP contribution in [0.2, 0.25) is 0 Å². The second kappa shape index (κ2) is 12.1. The number of thioether (sulfide) groups is 1. The highest BCUT2D eigenvalue weighted by Crippen LogP contribution is 2.16. The Labute approximate surface area is 170 Å². The zero-order chi connectivity index (χ0) is 20.2. The Morgan fingerprint density at radius 1 is 1.14 bits per heavy atom. The van der Waals surface area contributed by atoms with Crippen molar-refractivity contribution in [3.63, 3.8) is 0 Å². The molecule has 0 amide bonds. The summed E-state index contributed by atoms with van der Waals surface area (Å²) in [4.78, 5) is 12.4. The monoisotopic (exact) mass is 404 g/mol. The maximum Gasteiger partial charge on any atom is 0.274 e. The predicted molar refractivity (Wildman–Crippen MR) is 113 cm³/mol. The van der Waals surface area contributed by atoms with E-state index in [0.717, 1.165) is 42.2 Å². The Kier molecular flexibility index (Phi) is 9.44. The summed E-state index contributed by atoms with van der Waals surface area (Å²) in [6, 6.07) is 14.0. The van der Waals surface area contributed by atoms with Gasteiger partial charge in [0.1, 0.15) is 11.5 Å². The van der Waals surface area contributed by atoms with E-state index < -0.39 is 4.92 Å². The number of nitrogens with zero attached hydrogens (tertiary/aromatic N) is 2. The molecule has 0 spiro atoms. The van der Waals surface area contributed by atoms with Crippen LogP contribution in [0.5, 0.6) is 0 Å². The lowest BCUT2D eigenvalue weighted by Crippen LogP contribution is -2.30. The van der Waals surface area contributed by atoms with Gasteiger partial charge >= 0.3 is 0 Å². The molecule has 0 aliphatic carbocycles. The molecule has 7 nitrogen and oxygen atoms in total. The molecule has 1 aromatic heterocycles. The number of nitrogens with one attached hydrogen (secondary N) is 2. The molecule has 1 aromatic carbocycles. The Morgan fingerprint density at radius 2 is 1.86 bits per heavy atom. The average molecular weight is 405 g/mol. The molecule has 2 rings (SSSR count). The van der Waals surface area contributed by atoms with Crippen molar-refractivity contribution in [2.24, 2.45) is 0 Å². The average Bonchev–Trinajstić information content (AvgIpc) is 3.08. The summed E-state index contributed by atoms with van der Waals surface area (Å²) in [5.41, 5.74) is 1.19. The highest BCUT2D eigenvalue weighted by atomic mass is 32.2. The maximum atomic E-state index is 10.8. The summed E-state index contributed by atoms with van der Waals surface area (Å²) in [6.07, 6.45) is 1.79. The van der Waals surface area contributed by atoms with Gasteiger partial charge in [0.05, 0.1) is 17.2 Å². The second-order valence-corrected chi connectivity index (χ2v) is 7.68. The van der Waals surface area contributed by atoms with E-state index in [1.165, 1.54) is 5.56 Å². The normalized spacial score (nSPS) is 11.6. The van der Waals surface area contributed by atoms with Gasteiger partial charge in [0.2, 0.25) is 0 Å². The number of rotatable bonds is 13. The number of furan rings is 1. The Bertz CT molecular complexity index is 747. The Balaban J connectivity index is 1.67. The van der Waals surface area contributed by atoms with E-state index in [1.807, 2.05) is 56.6 Å². The molecule has 0 aliphatic heterocycles. The van der Waals surface area contributed by atoms with Gasteiger partial charge in [-0.3, -0.25) is 10.1 Å². The summed E-state index contributed by atoms with van der Waals surface area (Å²) < 4.78 is 5.77. The smallest absolute Gasteiger partial charge is 0.274 e. The van der Waals surface area contributed by atoms with Crippen molar-refractivity contribution in [1.29, 1.82) is 0 Å². The van der Waals surface area contributed by atoms with Crippen molar-refractivity contribution >= 4 is 11.8 Å². The second-order valence-electron chi connectivity index (χ2n) is 6.58. The van der Waals surface area contributed by atoms with Crippen molar-refractivity contribution < 1.29 is 9.34 Å². The third kappa shape index (κ3) is 8.96. The first-order valence-electron chi connectivity index (χ1n) is 9.20. The van der Waals surface area contributed by atoms with Crippen molar-refractivity contribution in [1.82, 2.24) is 15.5 Å². The van der Waals surface area contributed by atoms with Gasteiger partial charge in [-0.05, 0) is 38.2 Å². The number of benzene rings is 1. The Morgan fingerprint density at radius 3 is 2.57 bits per heavy atom. The lowest BCUT2D eigenvalue weighted by Gasteiger charge is -2.11. The summed E-state index contributed by atoms with van der Waals surface area (Å²) in [5.74, 6) is 3.94. The van der Waals surface area contributed by atoms with Gasteiger partial charge in [-0.25, -0.2) is 0 Å². The van der Waals surface area contributed by atoms with Crippen molar-refractivity contribution in [3.05, 3.63) is 81.7 Å². The van der Waals surface area contributed by atoms with Crippen LogP contribution in [0.4, 0.5) is 0 Å². The van der Waals surface area contributed by atoms with Crippen LogP contribution in [-0.4, -0.2) is 42.8 Å². The molecule has 28 heavy (non-hydrogen) atoms. The predicted octanol–water partition coefficient (Wildman–Crippen LogP) is 3.07. The third-order valence-corrected chi connectivity index (χ3v) is 4.78. The molecular weight excluding hydrogens is 376 g/mol. The summed E-state index contributed by atoms with van der Waals surface area (Å²) >= 11 is 1.73. The number of nitro groups is 1. The van der Waals surface area contributed by atoms with E-state index in [1.54, 1.807) is 11.8 Å². The lowest BCUT2D eigenvalue weighted by molar-refractivity contribution is -0.404. The highest BCUT2D eigenvalue weighted by molar-refractivity contribution is 7.98. The first kappa shape index (κ1) is 21.8. The molecule has 0 fully saturated rings. The fourth-order valence-electron chi connectivity index (χ4n) is 2.57. The standard InChI is InChI=1S/C20H28N4O3S/c1-23(2)14-18-8-9-19(27-18)16-28-13-12-22-20(15-24(25)26)21-11-10-17-6-4-3-5-7-17/h3-9,15,21-22H,10-14,16H2,1-2H3/b20-15+.